The van der Waals surface area contributed by atoms with Crippen molar-refractivity contribution in [2.24, 2.45) is 0 Å². The Morgan fingerprint density at radius 2 is 1.57 bits per heavy atom. The maximum Gasteiger partial charge on any atom is 0.243 e. The number of likely N-dealkylation sites (N-methyl/N-ethyl adjacent to an activating group) is 1. The van der Waals surface area contributed by atoms with Gasteiger partial charge in [-0.1, -0.05) is 60.8 Å². The highest BCUT2D eigenvalue weighted by molar-refractivity contribution is 7.89. The Labute approximate surface area is 218 Å². The van der Waals surface area contributed by atoms with Crippen molar-refractivity contribution in [3.05, 3.63) is 63.6 Å². The van der Waals surface area contributed by atoms with Crippen LogP contribution >= 0.6 is 23.2 Å². The molecule has 0 heterocycles. The Balaban J connectivity index is 2.39. The van der Waals surface area contributed by atoms with Crippen LogP contribution in [0.5, 0.6) is 0 Å². The fraction of sp³-hybridized carbons (Fsp3) is 0.440. The van der Waals surface area contributed by atoms with Gasteiger partial charge in [-0.05, 0) is 51.0 Å². The molecule has 35 heavy (non-hydrogen) atoms. The largest absolute Gasteiger partial charge is 0.352 e. The number of sulfonamides is 1. The lowest BCUT2D eigenvalue weighted by Crippen LogP contribution is -2.53. The first-order valence-electron chi connectivity index (χ1n) is 11.5. The summed E-state index contributed by atoms with van der Waals surface area (Å²) < 4.78 is 27.1. The summed E-state index contributed by atoms with van der Waals surface area (Å²) in [6.07, 6.45) is 1.05. The van der Waals surface area contributed by atoms with Crippen LogP contribution in [0.15, 0.2) is 47.4 Å². The average Bonchev–Trinajstić information content (AvgIpc) is 2.80. The lowest BCUT2D eigenvalue weighted by molar-refractivity contribution is -0.141. The van der Waals surface area contributed by atoms with Crippen LogP contribution < -0.4 is 5.32 Å². The minimum Gasteiger partial charge on any atom is -0.352 e. The summed E-state index contributed by atoms with van der Waals surface area (Å²) in [5.74, 6) is -0.854. The third kappa shape index (κ3) is 7.43. The van der Waals surface area contributed by atoms with Gasteiger partial charge in [0.2, 0.25) is 21.8 Å². The summed E-state index contributed by atoms with van der Waals surface area (Å²) in [5, 5.41) is 3.62. The predicted molar refractivity (Wildman–Crippen MR) is 140 cm³/mol. The smallest absolute Gasteiger partial charge is 0.243 e. The van der Waals surface area contributed by atoms with E-state index in [4.69, 9.17) is 23.2 Å². The van der Waals surface area contributed by atoms with Gasteiger partial charge < -0.3 is 10.2 Å². The highest BCUT2D eigenvalue weighted by atomic mass is 35.5. The van der Waals surface area contributed by atoms with E-state index in [1.54, 1.807) is 37.3 Å². The molecule has 192 valence electrons. The third-order valence-electron chi connectivity index (χ3n) is 5.86. The summed E-state index contributed by atoms with van der Waals surface area (Å²) in [4.78, 5) is 28.0. The summed E-state index contributed by atoms with van der Waals surface area (Å²) in [6, 6.07) is 10.5. The molecular weight excluding hydrogens is 509 g/mol. The van der Waals surface area contributed by atoms with E-state index in [0.717, 1.165) is 16.3 Å². The lowest BCUT2D eigenvalue weighted by Gasteiger charge is -2.33. The fourth-order valence-electron chi connectivity index (χ4n) is 3.47. The first kappa shape index (κ1) is 29.1. The predicted octanol–water partition coefficient (Wildman–Crippen LogP) is 4.64. The van der Waals surface area contributed by atoms with Crippen molar-refractivity contribution in [3.63, 3.8) is 0 Å². The van der Waals surface area contributed by atoms with E-state index < -0.39 is 28.5 Å². The first-order chi connectivity index (χ1) is 16.4. The zero-order valence-electron chi connectivity index (χ0n) is 20.7. The Morgan fingerprint density at radius 1 is 1.00 bits per heavy atom. The van der Waals surface area contributed by atoms with Gasteiger partial charge >= 0.3 is 0 Å². The van der Waals surface area contributed by atoms with Gasteiger partial charge in [0.1, 0.15) is 6.04 Å². The molecule has 0 saturated heterocycles. The number of halogens is 2. The van der Waals surface area contributed by atoms with E-state index in [1.807, 2.05) is 20.8 Å². The molecule has 7 nitrogen and oxygen atoms in total. The van der Waals surface area contributed by atoms with E-state index in [0.29, 0.717) is 22.0 Å². The molecule has 0 unspecified atom stereocenters. The summed E-state index contributed by atoms with van der Waals surface area (Å²) in [7, 11) is -2.57. The zero-order valence-corrected chi connectivity index (χ0v) is 23.0. The SMILES string of the molecule is CC[C@@H](C)NC(=O)[C@@H](CC)N(Cc1c(Cl)cccc1Cl)C(=O)CN(C)S(=O)(=O)c1ccc(C)cc1. The second-order valence-corrected chi connectivity index (χ2v) is 11.4. The van der Waals surface area contributed by atoms with Gasteiger partial charge in [-0.25, -0.2) is 8.42 Å². The minimum atomic E-state index is -3.92. The van der Waals surface area contributed by atoms with Gasteiger partial charge in [0.25, 0.3) is 0 Å². The molecule has 0 fully saturated rings. The standard InChI is InChI=1S/C25H33Cl2N3O4S/c1-6-18(4)28-25(32)23(7-2)30(15-20-21(26)9-8-10-22(20)27)24(31)16-29(5)35(33,34)19-13-11-17(3)12-14-19/h8-14,18,23H,6-7,15-16H2,1-5H3,(H,28,32)/t18-,23-/m1/s1. The highest BCUT2D eigenvalue weighted by Crippen LogP contribution is 2.27. The van der Waals surface area contributed by atoms with Crippen LogP contribution in [0.4, 0.5) is 0 Å². The van der Waals surface area contributed by atoms with Crippen molar-refractivity contribution in [1.82, 2.24) is 14.5 Å². The maximum atomic E-state index is 13.5. The van der Waals surface area contributed by atoms with Gasteiger partial charge in [-0.2, -0.15) is 4.31 Å². The Morgan fingerprint density at radius 3 is 2.09 bits per heavy atom. The molecule has 0 aliphatic carbocycles. The number of rotatable bonds is 11. The molecule has 0 radical (unpaired) electrons. The normalized spacial score (nSPS) is 13.4. The number of nitrogens with zero attached hydrogens (tertiary/aromatic N) is 2. The number of carbonyl (C=O) groups excluding carboxylic acids is 2. The van der Waals surface area contributed by atoms with Gasteiger partial charge in [0, 0.05) is 35.2 Å². The van der Waals surface area contributed by atoms with E-state index in [2.05, 4.69) is 5.32 Å². The number of hydrogen-bond donors (Lipinski definition) is 1. The van der Waals surface area contributed by atoms with Crippen molar-refractivity contribution in [2.45, 2.75) is 64.1 Å². The average molecular weight is 543 g/mol. The van der Waals surface area contributed by atoms with Crippen LogP contribution in [0.2, 0.25) is 10.0 Å². The molecule has 2 rings (SSSR count). The van der Waals surface area contributed by atoms with E-state index in [9.17, 15) is 18.0 Å². The van der Waals surface area contributed by atoms with Gasteiger partial charge in [-0.15, -0.1) is 0 Å². The minimum absolute atomic E-state index is 0.0395. The van der Waals surface area contributed by atoms with Crippen LogP contribution in [0.1, 0.15) is 44.7 Å². The van der Waals surface area contributed by atoms with Crippen LogP contribution in [0.25, 0.3) is 0 Å². The van der Waals surface area contributed by atoms with Crippen molar-refractivity contribution in [2.75, 3.05) is 13.6 Å². The molecule has 0 aliphatic rings. The maximum absolute atomic E-state index is 13.5. The van der Waals surface area contributed by atoms with E-state index >= 15 is 0 Å². The number of benzene rings is 2. The molecule has 1 N–H and O–H groups in total. The van der Waals surface area contributed by atoms with Gasteiger partial charge in [-0.3, -0.25) is 9.59 Å². The van der Waals surface area contributed by atoms with Crippen molar-refractivity contribution < 1.29 is 18.0 Å². The molecule has 0 spiro atoms. The molecule has 0 aliphatic heterocycles. The monoisotopic (exact) mass is 541 g/mol. The Bertz CT molecular complexity index is 1120. The number of carbonyl (C=O) groups is 2. The Kier molecular flexibility index (Phi) is 10.6. The highest BCUT2D eigenvalue weighted by Gasteiger charge is 2.32. The molecule has 10 heteroatoms. The molecule has 2 atom stereocenters. The summed E-state index contributed by atoms with van der Waals surface area (Å²) in [5.41, 5.74) is 1.41. The lowest BCUT2D eigenvalue weighted by atomic mass is 10.1. The van der Waals surface area contributed by atoms with Crippen molar-refractivity contribution >= 4 is 45.0 Å². The zero-order chi connectivity index (χ0) is 26.3. The molecule has 0 bridgehead atoms. The quantitative estimate of drug-likeness (QED) is 0.448. The number of nitrogens with one attached hydrogen (secondary N) is 1. The number of aryl methyl sites for hydroxylation is 1. The fourth-order valence-corrected chi connectivity index (χ4v) is 5.11. The second-order valence-electron chi connectivity index (χ2n) is 8.54. The van der Waals surface area contributed by atoms with Gasteiger partial charge in [0.05, 0.1) is 11.4 Å². The van der Waals surface area contributed by atoms with Crippen LogP contribution in [0, 0.1) is 6.92 Å². The topological polar surface area (TPSA) is 86.8 Å². The molecule has 2 aromatic carbocycles. The number of hydrogen-bond acceptors (Lipinski definition) is 4. The van der Waals surface area contributed by atoms with E-state index in [1.165, 1.54) is 24.1 Å². The third-order valence-corrected chi connectivity index (χ3v) is 8.39. The Hall–Kier alpha value is -2.13. The first-order valence-corrected chi connectivity index (χ1v) is 13.7. The second kappa shape index (κ2) is 12.7. The van der Waals surface area contributed by atoms with Gasteiger partial charge in [0.15, 0.2) is 0 Å². The molecule has 2 aromatic rings. The molecule has 0 aromatic heterocycles. The summed E-state index contributed by atoms with van der Waals surface area (Å²) >= 11 is 12.7. The van der Waals surface area contributed by atoms with Crippen LogP contribution in [0.3, 0.4) is 0 Å². The van der Waals surface area contributed by atoms with Crippen LogP contribution in [-0.4, -0.2) is 55.1 Å². The van der Waals surface area contributed by atoms with E-state index in [-0.39, 0.29) is 23.4 Å². The van der Waals surface area contributed by atoms with Crippen molar-refractivity contribution in [3.8, 4) is 0 Å². The molecule has 2 amide bonds. The van der Waals surface area contributed by atoms with Crippen LogP contribution in [-0.2, 0) is 26.2 Å². The summed E-state index contributed by atoms with van der Waals surface area (Å²) in [6.45, 7) is 6.99. The van der Waals surface area contributed by atoms with Crippen molar-refractivity contribution in [1.29, 1.82) is 0 Å². The molecule has 0 saturated carbocycles. The number of amides is 2. The molecular formula is C25H33Cl2N3O4S.